The topological polar surface area (TPSA) is 44.1 Å². The Bertz CT molecular complexity index is 490. The summed E-state index contributed by atoms with van der Waals surface area (Å²) in [7, 11) is 0. The summed E-state index contributed by atoms with van der Waals surface area (Å²) >= 11 is 1.66. The number of rotatable bonds is 4. The molecule has 0 saturated carbocycles. The molecule has 0 saturated heterocycles. The number of nitriles is 1. The molecule has 0 aliphatic heterocycles. The zero-order valence-corrected chi connectivity index (χ0v) is 13.1. The SMILES string of the molecule is CC(C)N(CCC#N)C(=O)c1cc2c(s1)CCCCC2. The van der Waals surface area contributed by atoms with Crippen molar-refractivity contribution in [3.8, 4) is 6.07 Å². The van der Waals surface area contributed by atoms with Gasteiger partial charge in [-0.05, 0) is 51.2 Å². The predicted octanol–water partition coefficient (Wildman–Crippen LogP) is 3.78. The quantitative estimate of drug-likeness (QED) is 0.792. The van der Waals surface area contributed by atoms with E-state index >= 15 is 0 Å². The number of nitrogens with zero attached hydrogens (tertiary/aromatic N) is 2. The summed E-state index contributed by atoms with van der Waals surface area (Å²) in [5.41, 5.74) is 1.37. The minimum absolute atomic E-state index is 0.0910. The molecule has 0 unspecified atom stereocenters. The van der Waals surface area contributed by atoms with E-state index in [1.807, 2.05) is 18.7 Å². The molecule has 0 fully saturated rings. The Morgan fingerprint density at radius 3 is 2.85 bits per heavy atom. The van der Waals surface area contributed by atoms with Crippen molar-refractivity contribution < 1.29 is 4.79 Å². The van der Waals surface area contributed by atoms with Gasteiger partial charge in [0.25, 0.3) is 5.91 Å². The second kappa shape index (κ2) is 6.90. The summed E-state index contributed by atoms with van der Waals surface area (Å²) in [6.45, 7) is 4.54. The van der Waals surface area contributed by atoms with Gasteiger partial charge in [-0.3, -0.25) is 4.79 Å². The second-order valence-corrected chi connectivity index (χ2v) is 6.76. The fraction of sp³-hybridized carbons (Fsp3) is 0.625. The minimum atomic E-state index is 0.0910. The average Bonchev–Trinajstić information content (AvgIpc) is 2.70. The van der Waals surface area contributed by atoms with E-state index in [0.717, 1.165) is 17.7 Å². The maximum absolute atomic E-state index is 12.6. The fourth-order valence-corrected chi connectivity index (χ4v) is 3.89. The van der Waals surface area contributed by atoms with Crippen LogP contribution in [0.4, 0.5) is 0 Å². The van der Waals surface area contributed by atoms with Gasteiger partial charge in [0.2, 0.25) is 0 Å². The van der Waals surface area contributed by atoms with Crippen molar-refractivity contribution >= 4 is 17.2 Å². The minimum Gasteiger partial charge on any atom is -0.334 e. The summed E-state index contributed by atoms with van der Waals surface area (Å²) < 4.78 is 0. The summed E-state index contributed by atoms with van der Waals surface area (Å²) in [6.07, 6.45) is 6.40. The molecule has 1 aromatic rings. The van der Waals surface area contributed by atoms with Crippen LogP contribution in [-0.2, 0) is 12.8 Å². The van der Waals surface area contributed by atoms with Crippen LogP contribution >= 0.6 is 11.3 Å². The molecule has 1 aliphatic carbocycles. The van der Waals surface area contributed by atoms with Gasteiger partial charge in [-0.15, -0.1) is 11.3 Å². The van der Waals surface area contributed by atoms with Crippen molar-refractivity contribution in [1.82, 2.24) is 4.90 Å². The van der Waals surface area contributed by atoms with Gasteiger partial charge in [0, 0.05) is 17.5 Å². The first-order valence-electron chi connectivity index (χ1n) is 7.43. The van der Waals surface area contributed by atoms with E-state index in [4.69, 9.17) is 5.26 Å². The molecule has 3 nitrogen and oxygen atoms in total. The van der Waals surface area contributed by atoms with Crippen LogP contribution in [0.2, 0.25) is 0 Å². The van der Waals surface area contributed by atoms with Crippen LogP contribution in [-0.4, -0.2) is 23.4 Å². The highest BCUT2D eigenvalue weighted by molar-refractivity contribution is 7.14. The van der Waals surface area contributed by atoms with E-state index in [9.17, 15) is 4.79 Å². The van der Waals surface area contributed by atoms with E-state index in [0.29, 0.717) is 13.0 Å². The number of amides is 1. The van der Waals surface area contributed by atoms with E-state index < -0.39 is 0 Å². The first-order valence-corrected chi connectivity index (χ1v) is 8.24. The molecule has 4 heteroatoms. The lowest BCUT2D eigenvalue weighted by molar-refractivity contribution is 0.0715. The number of carbonyl (C=O) groups is 1. The van der Waals surface area contributed by atoms with Gasteiger partial charge in [-0.1, -0.05) is 6.42 Å². The third-order valence-electron chi connectivity index (χ3n) is 3.81. The summed E-state index contributed by atoms with van der Waals surface area (Å²) in [5.74, 6) is 0.0910. The Morgan fingerprint density at radius 2 is 2.15 bits per heavy atom. The lowest BCUT2D eigenvalue weighted by atomic mass is 10.1. The van der Waals surface area contributed by atoms with Crippen molar-refractivity contribution in [2.24, 2.45) is 0 Å². The van der Waals surface area contributed by atoms with Crippen LogP contribution in [0.1, 0.15) is 59.6 Å². The molecule has 0 aromatic carbocycles. The summed E-state index contributed by atoms with van der Waals surface area (Å²) in [5, 5.41) is 8.73. The van der Waals surface area contributed by atoms with Crippen molar-refractivity contribution in [1.29, 1.82) is 5.26 Å². The number of aryl methyl sites for hydroxylation is 2. The molecule has 108 valence electrons. The molecule has 0 N–H and O–H groups in total. The van der Waals surface area contributed by atoms with Crippen molar-refractivity contribution in [3.05, 3.63) is 21.4 Å². The van der Waals surface area contributed by atoms with Gasteiger partial charge in [0.1, 0.15) is 0 Å². The van der Waals surface area contributed by atoms with Crippen LogP contribution in [0.5, 0.6) is 0 Å². The maximum atomic E-state index is 12.6. The molecule has 1 aromatic heterocycles. The Hall–Kier alpha value is -1.34. The van der Waals surface area contributed by atoms with Crippen LogP contribution in [0.25, 0.3) is 0 Å². The fourth-order valence-electron chi connectivity index (χ4n) is 2.68. The van der Waals surface area contributed by atoms with Crippen LogP contribution in [0, 0.1) is 11.3 Å². The van der Waals surface area contributed by atoms with Crippen molar-refractivity contribution in [3.63, 3.8) is 0 Å². The lowest BCUT2D eigenvalue weighted by Gasteiger charge is -2.25. The first-order chi connectivity index (χ1) is 9.63. The van der Waals surface area contributed by atoms with Crippen molar-refractivity contribution in [2.75, 3.05) is 6.54 Å². The molecule has 0 radical (unpaired) electrons. The van der Waals surface area contributed by atoms with E-state index in [-0.39, 0.29) is 11.9 Å². The van der Waals surface area contributed by atoms with Gasteiger partial charge in [-0.2, -0.15) is 5.26 Å². The Kier molecular flexibility index (Phi) is 5.19. The highest BCUT2D eigenvalue weighted by Gasteiger charge is 2.22. The molecule has 0 atom stereocenters. The molecule has 1 aliphatic rings. The van der Waals surface area contributed by atoms with Gasteiger partial charge >= 0.3 is 0 Å². The number of carbonyl (C=O) groups excluding carboxylic acids is 1. The lowest BCUT2D eigenvalue weighted by Crippen LogP contribution is -2.37. The van der Waals surface area contributed by atoms with E-state index in [1.54, 1.807) is 11.3 Å². The van der Waals surface area contributed by atoms with Crippen LogP contribution in [0.3, 0.4) is 0 Å². The standard InChI is InChI=1S/C16H22N2OS/c1-12(2)18(10-6-9-17)16(19)15-11-13-7-4-3-5-8-14(13)20-15/h11-12H,3-8,10H2,1-2H3. The van der Waals surface area contributed by atoms with Gasteiger partial charge in [0.05, 0.1) is 17.4 Å². The molecule has 1 heterocycles. The van der Waals surface area contributed by atoms with Gasteiger partial charge in [0.15, 0.2) is 0 Å². The Labute approximate surface area is 125 Å². The highest BCUT2D eigenvalue weighted by Crippen LogP contribution is 2.30. The number of fused-ring (bicyclic) bond motifs is 1. The Balaban J connectivity index is 2.17. The number of thiophene rings is 1. The molecule has 20 heavy (non-hydrogen) atoms. The molecule has 0 bridgehead atoms. The third kappa shape index (κ3) is 3.40. The second-order valence-electron chi connectivity index (χ2n) is 5.62. The highest BCUT2D eigenvalue weighted by atomic mass is 32.1. The maximum Gasteiger partial charge on any atom is 0.264 e. The number of hydrogen-bond donors (Lipinski definition) is 0. The molecule has 2 rings (SSSR count). The predicted molar refractivity (Wildman–Crippen MR) is 82.0 cm³/mol. The van der Waals surface area contributed by atoms with E-state index in [1.165, 1.54) is 29.7 Å². The molecular formula is C16H22N2OS. The summed E-state index contributed by atoms with van der Waals surface area (Å²) in [6, 6.07) is 4.36. The molecule has 1 amide bonds. The third-order valence-corrected chi connectivity index (χ3v) is 5.03. The Morgan fingerprint density at radius 1 is 1.40 bits per heavy atom. The zero-order chi connectivity index (χ0) is 14.5. The summed E-state index contributed by atoms with van der Waals surface area (Å²) in [4.78, 5) is 16.7. The monoisotopic (exact) mass is 290 g/mol. The first kappa shape index (κ1) is 15.1. The molecule has 0 spiro atoms. The van der Waals surface area contributed by atoms with Gasteiger partial charge in [-0.25, -0.2) is 0 Å². The number of hydrogen-bond acceptors (Lipinski definition) is 3. The smallest absolute Gasteiger partial charge is 0.264 e. The van der Waals surface area contributed by atoms with Gasteiger partial charge < -0.3 is 4.90 Å². The van der Waals surface area contributed by atoms with Crippen LogP contribution < -0.4 is 0 Å². The normalized spacial score (nSPS) is 14.5. The van der Waals surface area contributed by atoms with Crippen LogP contribution in [0.15, 0.2) is 6.07 Å². The zero-order valence-electron chi connectivity index (χ0n) is 12.3. The van der Waals surface area contributed by atoms with E-state index in [2.05, 4.69) is 12.1 Å². The van der Waals surface area contributed by atoms with Crippen molar-refractivity contribution in [2.45, 2.75) is 58.4 Å². The largest absolute Gasteiger partial charge is 0.334 e. The average molecular weight is 290 g/mol. The molecular weight excluding hydrogens is 268 g/mol.